The van der Waals surface area contributed by atoms with E-state index in [9.17, 15) is 14.9 Å². The van der Waals surface area contributed by atoms with E-state index in [1.54, 1.807) is 17.0 Å². The van der Waals surface area contributed by atoms with Gasteiger partial charge in [-0.2, -0.15) is 5.26 Å². The predicted octanol–water partition coefficient (Wildman–Crippen LogP) is 4.89. The number of Topliss-reactive ketones (excluding diaryl/α,β-unsaturated/α-hetero) is 1. The molecule has 3 N–H and O–H groups in total. The Kier molecular flexibility index (Phi) is 8.08. The third kappa shape index (κ3) is 5.46. The lowest BCUT2D eigenvalue weighted by Gasteiger charge is -2.38. The minimum atomic E-state index is -0.925. The maximum Gasteiger partial charge on any atom is 0.236 e. The highest BCUT2D eigenvalue weighted by atomic mass is 79.9. The van der Waals surface area contributed by atoms with E-state index in [0.717, 1.165) is 11.4 Å². The van der Waals surface area contributed by atoms with Crippen molar-refractivity contribution in [3.63, 3.8) is 0 Å². The maximum absolute atomic E-state index is 15.0. The summed E-state index contributed by atoms with van der Waals surface area (Å²) in [5.74, 6) is -1.74. The number of carbonyl (C=O) groups is 2. The zero-order chi connectivity index (χ0) is 27.7. The molecule has 5 rings (SSSR count). The van der Waals surface area contributed by atoms with Crippen LogP contribution >= 0.6 is 50.4 Å². The second-order valence-corrected chi connectivity index (χ2v) is 12.7. The van der Waals surface area contributed by atoms with Gasteiger partial charge in [0.15, 0.2) is 10.1 Å². The maximum atomic E-state index is 15.0. The molecule has 39 heavy (non-hydrogen) atoms. The topological polar surface area (TPSA) is 151 Å². The van der Waals surface area contributed by atoms with E-state index in [2.05, 4.69) is 47.7 Å². The smallest absolute Gasteiger partial charge is 0.236 e. The van der Waals surface area contributed by atoms with Gasteiger partial charge in [-0.3, -0.25) is 19.8 Å². The number of nitrogens with zero attached hydrogens (tertiary/aromatic N) is 6. The standard InChI is InChI=1S/C24H20BrFN8O2S3/c1-2-18-30-31-22(38-18)29-17(36)10-37-24-33-32-23(39-24)34-15-4-3-5-16(35)20(15)19(13(9-27)21(34)28)12-8-11(25)6-7-14(12)26/h6-8,19H,2-5,10,28H2,1H3,(H,29,31,36). The van der Waals surface area contributed by atoms with Crippen molar-refractivity contribution in [2.24, 2.45) is 5.73 Å². The molecule has 2 aliphatic rings. The van der Waals surface area contributed by atoms with Crippen molar-refractivity contribution in [2.45, 2.75) is 42.9 Å². The molecule has 0 saturated carbocycles. The highest BCUT2D eigenvalue weighted by Gasteiger charge is 2.42. The number of nitrogens with one attached hydrogen (secondary N) is 1. The SMILES string of the molecule is CCc1nnc(NC(=O)CSc2nnc(N3C(N)=C(C#N)C(c4cc(Br)ccc4F)C4=C3CCCC4=O)s2)s1. The lowest BCUT2D eigenvalue weighted by atomic mass is 9.75. The fourth-order valence-electron chi connectivity index (χ4n) is 4.43. The van der Waals surface area contributed by atoms with Crippen LogP contribution in [0, 0.1) is 17.1 Å². The number of thioether (sulfide) groups is 1. The Balaban J connectivity index is 1.43. The second kappa shape index (κ2) is 11.5. The van der Waals surface area contributed by atoms with Crippen LogP contribution in [0.4, 0.5) is 14.7 Å². The number of aryl methyl sites for hydroxylation is 1. The van der Waals surface area contributed by atoms with Gasteiger partial charge >= 0.3 is 0 Å². The van der Waals surface area contributed by atoms with Crippen LogP contribution in [0.15, 0.2) is 49.7 Å². The van der Waals surface area contributed by atoms with Crippen LogP contribution in [0.5, 0.6) is 0 Å². The summed E-state index contributed by atoms with van der Waals surface area (Å²) in [5, 5.41) is 30.8. The molecule has 1 aliphatic carbocycles. The Morgan fingerprint density at radius 1 is 1.31 bits per heavy atom. The van der Waals surface area contributed by atoms with E-state index in [-0.39, 0.29) is 40.8 Å². The van der Waals surface area contributed by atoms with Gasteiger partial charge in [-0.25, -0.2) is 4.39 Å². The molecule has 1 amide bonds. The lowest BCUT2D eigenvalue weighted by molar-refractivity contribution is -0.116. The van der Waals surface area contributed by atoms with Gasteiger partial charge in [-0.05, 0) is 37.5 Å². The summed E-state index contributed by atoms with van der Waals surface area (Å²) in [6, 6.07) is 6.53. The van der Waals surface area contributed by atoms with Crippen molar-refractivity contribution < 1.29 is 14.0 Å². The first-order chi connectivity index (χ1) is 18.8. The lowest BCUT2D eigenvalue weighted by Crippen LogP contribution is -2.38. The zero-order valence-electron chi connectivity index (χ0n) is 20.4. The summed E-state index contributed by atoms with van der Waals surface area (Å²) in [7, 11) is 0. The number of halogens is 2. The van der Waals surface area contributed by atoms with Gasteiger partial charge in [0, 0.05) is 27.7 Å². The molecule has 0 bridgehead atoms. The molecular weight excluding hydrogens is 627 g/mol. The van der Waals surface area contributed by atoms with E-state index in [1.807, 2.05) is 6.92 Å². The first kappa shape index (κ1) is 27.4. The Morgan fingerprint density at radius 3 is 2.87 bits per heavy atom. The molecular formula is C24H20BrFN8O2S3. The molecule has 1 atom stereocenters. The number of hydrogen-bond donors (Lipinski definition) is 2. The van der Waals surface area contributed by atoms with Gasteiger partial charge in [0.25, 0.3) is 0 Å². The van der Waals surface area contributed by atoms with Crippen molar-refractivity contribution in [3.8, 4) is 6.07 Å². The van der Waals surface area contributed by atoms with Gasteiger partial charge < -0.3 is 5.73 Å². The first-order valence-corrected chi connectivity index (χ1v) is 15.2. The number of aromatic nitrogens is 4. The van der Waals surface area contributed by atoms with Crippen LogP contribution in [-0.4, -0.2) is 37.8 Å². The summed E-state index contributed by atoms with van der Waals surface area (Å²) in [5.41, 5.74) is 7.72. The summed E-state index contributed by atoms with van der Waals surface area (Å²) in [6.07, 6.45) is 2.11. The molecule has 0 fully saturated rings. The monoisotopic (exact) mass is 646 g/mol. The van der Waals surface area contributed by atoms with Crippen LogP contribution in [0.25, 0.3) is 0 Å². The van der Waals surface area contributed by atoms with Gasteiger partial charge in [-0.15, -0.1) is 20.4 Å². The van der Waals surface area contributed by atoms with Gasteiger partial charge in [0.2, 0.25) is 16.2 Å². The summed E-state index contributed by atoms with van der Waals surface area (Å²) >= 11 is 7.05. The number of nitrogens with two attached hydrogens (primary N) is 1. The second-order valence-electron chi connectivity index (χ2n) is 8.52. The first-order valence-electron chi connectivity index (χ1n) is 11.8. The summed E-state index contributed by atoms with van der Waals surface area (Å²) < 4.78 is 16.1. The number of carbonyl (C=O) groups excluding carboxylic acids is 2. The van der Waals surface area contributed by atoms with Crippen molar-refractivity contribution in [1.82, 2.24) is 20.4 Å². The quantitative estimate of drug-likeness (QED) is 0.340. The Bertz CT molecular complexity index is 1580. The molecule has 0 saturated heterocycles. The van der Waals surface area contributed by atoms with Gasteiger partial charge in [0.1, 0.15) is 16.6 Å². The van der Waals surface area contributed by atoms with Crippen LogP contribution < -0.4 is 16.0 Å². The molecule has 0 radical (unpaired) electrons. The molecule has 10 nitrogen and oxygen atoms in total. The fraction of sp³-hybridized carbons (Fsp3) is 0.292. The third-order valence-electron chi connectivity index (χ3n) is 6.11. The number of amides is 1. The zero-order valence-corrected chi connectivity index (χ0v) is 24.4. The van der Waals surface area contributed by atoms with Crippen molar-refractivity contribution in [3.05, 3.63) is 61.7 Å². The Morgan fingerprint density at radius 2 is 2.13 bits per heavy atom. The number of allylic oxidation sites excluding steroid dienone is 3. The summed E-state index contributed by atoms with van der Waals surface area (Å²) in [6.45, 7) is 1.96. The highest BCUT2D eigenvalue weighted by molar-refractivity contribution is 9.10. The highest BCUT2D eigenvalue weighted by Crippen LogP contribution is 2.47. The number of anilines is 2. The van der Waals surface area contributed by atoms with Crippen molar-refractivity contribution in [2.75, 3.05) is 16.0 Å². The van der Waals surface area contributed by atoms with E-state index in [4.69, 9.17) is 5.73 Å². The van der Waals surface area contributed by atoms with Gasteiger partial charge in [0.05, 0.1) is 23.3 Å². The average Bonchev–Trinajstić information content (AvgIpc) is 3.58. The Hall–Kier alpha value is -3.19. The number of rotatable bonds is 7. The average molecular weight is 648 g/mol. The molecule has 1 aromatic carbocycles. The number of hydrogen-bond acceptors (Lipinski definition) is 12. The largest absolute Gasteiger partial charge is 0.384 e. The van der Waals surface area contributed by atoms with Gasteiger partial charge in [-0.1, -0.05) is 57.3 Å². The van der Waals surface area contributed by atoms with E-state index in [0.29, 0.717) is 43.2 Å². The minimum Gasteiger partial charge on any atom is -0.384 e. The molecule has 3 heterocycles. The van der Waals surface area contributed by atoms with Crippen molar-refractivity contribution >= 4 is 72.3 Å². The molecule has 2 aromatic heterocycles. The Labute approximate surface area is 243 Å². The van der Waals surface area contributed by atoms with Crippen LogP contribution in [0.2, 0.25) is 0 Å². The molecule has 3 aromatic rings. The van der Waals surface area contributed by atoms with Crippen LogP contribution in [-0.2, 0) is 16.0 Å². The van der Waals surface area contributed by atoms with E-state index in [1.165, 1.54) is 40.5 Å². The normalized spacial score (nSPS) is 17.3. The van der Waals surface area contributed by atoms with Crippen LogP contribution in [0.1, 0.15) is 42.7 Å². The molecule has 15 heteroatoms. The number of benzene rings is 1. The van der Waals surface area contributed by atoms with E-state index >= 15 is 4.39 Å². The molecule has 1 unspecified atom stereocenters. The number of nitriles is 1. The molecule has 0 spiro atoms. The number of ketones is 1. The molecule has 200 valence electrons. The third-order valence-corrected chi connectivity index (χ3v) is 9.63. The predicted molar refractivity (Wildman–Crippen MR) is 151 cm³/mol. The van der Waals surface area contributed by atoms with Crippen molar-refractivity contribution in [1.29, 1.82) is 5.26 Å². The molecule has 1 aliphatic heterocycles. The minimum absolute atomic E-state index is 0.0632. The fourth-order valence-corrected chi connectivity index (χ4v) is 7.19. The van der Waals surface area contributed by atoms with E-state index < -0.39 is 11.7 Å². The van der Waals surface area contributed by atoms with Crippen LogP contribution in [0.3, 0.4) is 0 Å². The summed E-state index contributed by atoms with van der Waals surface area (Å²) in [4.78, 5) is 27.2.